The molecule has 2 rings (SSSR count). The number of hydrogen-bond donors (Lipinski definition) is 1. The Morgan fingerprint density at radius 2 is 1.95 bits per heavy atom. The zero-order valence-electron chi connectivity index (χ0n) is 12.8. The highest BCUT2D eigenvalue weighted by Gasteiger charge is 2.07. The molecule has 0 radical (unpaired) electrons. The Labute approximate surface area is 125 Å². The summed E-state index contributed by atoms with van der Waals surface area (Å²) in [5.41, 5.74) is 3.55. The number of rotatable bonds is 6. The zero-order valence-corrected chi connectivity index (χ0v) is 12.8. The number of hydrogen-bond acceptors (Lipinski definition) is 2. The number of aromatic nitrogens is 1. The maximum absolute atomic E-state index is 11.8. The van der Waals surface area contributed by atoms with Crippen LogP contribution < -0.4 is 10.1 Å². The molecule has 0 saturated carbocycles. The first-order valence-electron chi connectivity index (χ1n) is 7.14. The fourth-order valence-corrected chi connectivity index (χ4v) is 2.17. The number of carbonyl (C=O) groups is 1. The molecule has 0 bridgehead atoms. The number of amides is 1. The van der Waals surface area contributed by atoms with Gasteiger partial charge >= 0.3 is 0 Å². The molecule has 0 aliphatic carbocycles. The van der Waals surface area contributed by atoms with E-state index < -0.39 is 0 Å². The lowest BCUT2D eigenvalue weighted by Gasteiger charge is -2.07. The molecule has 0 atom stereocenters. The Morgan fingerprint density at radius 1 is 1.24 bits per heavy atom. The number of nitrogens with zero attached hydrogens (tertiary/aromatic N) is 1. The van der Waals surface area contributed by atoms with Gasteiger partial charge in [-0.05, 0) is 37.6 Å². The first-order valence-corrected chi connectivity index (χ1v) is 7.14. The highest BCUT2D eigenvalue weighted by molar-refractivity contribution is 5.76. The number of para-hydroxylation sites is 1. The van der Waals surface area contributed by atoms with Gasteiger partial charge in [0.15, 0.2) is 0 Å². The maximum atomic E-state index is 11.8. The monoisotopic (exact) mass is 286 g/mol. The van der Waals surface area contributed by atoms with Gasteiger partial charge in [0.2, 0.25) is 5.91 Å². The van der Waals surface area contributed by atoms with Gasteiger partial charge in [-0.1, -0.05) is 18.2 Å². The van der Waals surface area contributed by atoms with Crippen LogP contribution in [0.25, 0.3) is 0 Å². The van der Waals surface area contributed by atoms with Crippen LogP contribution in [0.1, 0.15) is 23.4 Å². The molecule has 1 aromatic heterocycles. The van der Waals surface area contributed by atoms with Gasteiger partial charge in [0.1, 0.15) is 5.75 Å². The van der Waals surface area contributed by atoms with Crippen LogP contribution in [0.3, 0.4) is 0 Å². The average Bonchev–Trinajstić information content (AvgIpc) is 2.73. The zero-order chi connectivity index (χ0) is 15.2. The lowest BCUT2D eigenvalue weighted by molar-refractivity contribution is -0.121. The van der Waals surface area contributed by atoms with Gasteiger partial charge in [0, 0.05) is 25.0 Å². The maximum Gasteiger partial charge on any atom is 0.223 e. The van der Waals surface area contributed by atoms with E-state index in [4.69, 9.17) is 4.74 Å². The van der Waals surface area contributed by atoms with Gasteiger partial charge in [0.25, 0.3) is 0 Å². The van der Waals surface area contributed by atoms with E-state index in [0.29, 0.717) is 19.6 Å². The summed E-state index contributed by atoms with van der Waals surface area (Å²) in [6, 6.07) is 11.6. The lowest BCUT2D eigenvalue weighted by atomic mass is 10.2. The normalized spacial score (nSPS) is 10.4. The first-order chi connectivity index (χ1) is 10.1. The second kappa shape index (κ2) is 6.97. The van der Waals surface area contributed by atoms with E-state index in [1.54, 1.807) is 0 Å². The van der Waals surface area contributed by atoms with E-state index in [9.17, 15) is 4.79 Å². The molecule has 0 fully saturated rings. The SMILES string of the molecule is Cc1cc(CNC(=O)CCOc2ccccc2)c(C)n1C. The second-order valence-corrected chi connectivity index (χ2v) is 5.14. The van der Waals surface area contributed by atoms with Crippen LogP contribution in [0, 0.1) is 13.8 Å². The van der Waals surface area contributed by atoms with Crippen LogP contribution in [0.4, 0.5) is 0 Å². The molecule has 0 saturated heterocycles. The van der Waals surface area contributed by atoms with Crippen LogP contribution in [-0.4, -0.2) is 17.1 Å². The predicted molar refractivity (Wildman–Crippen MR) is 83.3 cm³/mol. The molecule has 112 valence electrons. The van der Waals surface area contributed by atoms with E-state index in [-0.39, 0.29) is 5.91 Å². The van der Waals surface area contributed by atoms with Crippen LogP contribution in [0.15, 0.2) is 36.4 Å². The summed E-state index contributed by atoms with van der Waals surface area (Å²) in [5, 5.41) is 2.93. The number of benzene rings is 1. The van der Waals surface area contributed by atoms with Crippen molar-refractivity contribution in [2.24, 2.45) is 7.05 Å². The van der Waals surface area contributed by atoms with Gasteiger partial charge in [-0.2, -0.15) is 0 Å². The van der Waals surface area contributed by atoms with Crippen LogP contribution in [-0.2, 0) is 18.4 Å². The highest BCUT2D eigenvalue weighted by atomic mass is 16.5. The number of ether oxygens (including phenoxy) is 1. The number of aryl methyl sites for hydroxylation is 1. The molecule has 1 aromatic carbocycles. The van der Waals surface area contributed by atoms with Crippen molar-refractivity contribution in [3.05, 3.63) is 53.3 Å². The van der Waals surface area contributed by atoms with E-state index in [1.807, 2.05) is 37.4 Å². The van der Waals surface area contributed by atoms with Gasteiger partial charge in [0.05, 0.1) is 13.0 Å². The topological polar surface area (TPSA) is 43.3 Å². The standard InChI is InChI=1S/C17H22N2O2/c1-13-11-15(14(2)19(13)3)12-18-17(20)9-10-21-16-7-5-4-6-8-16/h4-8,11H,9-10,12H2,1-3H3,(H,18,20). The molecule has 0 spiro atoms. The summed E-state index contributed by atoms with van der Waals surface area (Å²) in [4.78, 5) is 11.8. The minimum absolute atomic E-state index is 0.00633. The predicted octanol–water partition coefficient (Wildman–Crippen LogP) is 2.73. The molecule has 2 aromatic rings. The molecular weight excluding hydrogens is 264 g/mol. The fraction of sp³-hybridized carbons (Fsp3) is 0.353. The first kappa shape index (κ1) is 15.2. The molecule has 1 N–H and O–H groups in total. The third-order valence-electron chi connectivity index (χ3n) is 3.70. The summed E-state index contributed by atoms with van der Waals surface area (Å²) in [6.07, 6.45) is 0.361. The molecule has 1 heterocycles. The van der Waals surface area contributed by atoms with Gasteiger partial charge in [-0.15, -0.1) is 0 Å². The van der Waals surface area contributed by atoms with Gasteiger partial charge in [-0.3, -0.25) is 4.79 Å². The molecule has 0 unspecified atom stereocenters. The van der Waals surface area contributed by atoms with Crippen molar-refractivity contribution >= 4 is 5.91 Å². The molecule has 0 aliphatic heterocycles. The van der Waals surface area contributed by atoms with E-state index in [2.05, 4.69) is 29.8 Å². The summed E-state index contributed by atoms with van der Waals surface area (Å²) in [5.74, 6) is 0.798. The molecule has 4 heteroatoms. The average molecular weight is 286 g/mol. The third kappa shape index (κ3) is 4.12. The van der Waals surface area contributed by atoms with Crippen molar-refractivity contribution in [1.82, 2.24) is 9.88 Å². The molecule has 0 aliphatic rings. The van der Waals surface area contributed by atoms with E-state index in [1.165, 1.54) is 11.4 Å². The lowest BCUT2D eigenvalue weighted by Crippen LogP contribution is -2.24. The van der Waals surface area contributed by atoms with Crippen molar-refractivity contribution < 1.29 is 9.53 Å². The van der Waals surface area contributed by atoms with Crippen LogP contribution in [0.5, 0.6) is 5.75 Å². The van der Waals surface area contributed by atoms with Crippen molar-refractivity contribution in [2.45, 2.75) is 26.8 Å². The molecule has 4 nitrogen and oxygen atoms in total. The summed E-state index contributed by atoms with van der Waals surface area (Å²) in [7, 11) is 2.03. The van der Waals surface area contributed by atoms with E-state index >= 15 is 0 Å². The van der Waals surface area contributed by atoms with E-state index in [0.717, 1.165) is 11.3 Å². The quantitative estimate of drug-likeness (QED) is 0.887. The Kier molecular flexibility index (Phi) is 5.04. The second-order valence-electron chi connectivity index (χ2n) is 5.14. The molecule has 1 amide bonds. The van der Waals surface area contributed by atoms with Crippen LogP contribution >= 0.6 is 0 Å². The van der Waals surface area contributed by atoms with Crippen LogP contribution in [0.2, 0.25) is 0 Å². The molecule has 21 heavy (non-hydrogen) atoms. The number of nitrogens with one attached hydrogen (secondary N) is 1. The number of carbonyl (C=O) groups excluding carboxylic acids is 1. The third-order valence-corrected chi connectivity index (χ3v) is 3.70. The Morgan fingerprint density at radius 3 is 2.57 bits per heavy atom. The smallest absolute Gasteiger partial charge is 0.223 e. The van der Waals surface area contributed by atoms with Crippen molar-refractivity contribution in [3.63, 3.8) is 0 Å². The summed E-state index contributed by atoms with van der Waals surface area (Å²) in [6.45, 7) is 5.08. The largest absolute Gasteiger partial charge is 0.493 e. The van der Waals surface area contributed by atoms with Crippen molar-refractivity contribution in [3.8, 4) is 5.75 Å². The van der Waals surface area contributed by atoms with Crippen molar-refractivity contribution in [2.75, 3.05) is 6.61 Å². The van der Waals surface area contributed by atoms with Gasteiger partial charge < -0.3 is 14.6 Å². The summed E-state index contributed by atoms with van der Waals surface area (Å²) >= 11 is 0. The summed E-state index contributed by atoms with van der Waals surface area (Å²) < 4.78 is 7.64. The minimum atomic E-state index is 0.00633. The highest BCUT2D eigenvalue weighted by Crippen LogP contribution is 2.13. The van der Waals surface area contributed by atoms with Crippen molar-refractivity contribution in [1.29, 1.82) is 0 Å². The fourth-order valence-electron chi connectivity index (χ4n) is 2.17. The Bertz CT molecular complexity index is 603. The van der Waals surface area contributed by atoms with Gasteiger partial charge in [-0.25, -0.2) is 0 Å². The Balaban J connectivity index is 1.74. The molecular formula is C17H22N2O2. The Hall–Kier alpha value is -2.23. The minimum Gasteiger partial charge on any atom is -0.493 e.